The summed E-state index contributed by atoms with van der Waals surface area (Å²) in [5, 5.41) is 9.49. The second-order valence-electron chi connectivity index (χ2n) is 2.73. The molecule has 2 aromatic rings. The number of hydrogen-bond acceptors (Lipinski definition) is 3. The Labute approximate surface area is 89.6 Å². The number of halogens is 1. The first-order chi connectivity index (χ1) is 6.77. The number of aromatic hydroxyl groups is 1. The lowest BCUT2D eigenvalue weighted by Crippen LogP contribution is -1.87. The first-order valence-corrected chi connectivity index (χ1v) is 4.83. The first kappa shape index (κ1) is 9.15. The first-order valence-electron chi connectivity index (χ1n) is 4.04. The van der Waals surface area contributed by atoms with E-state index in [1.54, 1.807) is 0 Å². The number of benzene rings is 1. The van der Waals surface area contributed by atoms with Crippen molar-refractivity contribution in [2.75, 3.05) is 0 Å². The van der Waals surface area contributed by atoms with Gasteiger partial charge in [-0.15, -0.1) is 0 Å². The van der Waals surface area contributed by atoms with E-state index in [-0.39, 0.29) is 5.88 Å². The Bertz CT molecular complexity index is 445. The summed E-state index contributed by atoms with van der Waals surface area (Å²) in [6, 6.07) is 9.42. The molecule has 0 fully saturated rings. The Hall–Kier alpha value is -1.42. The number of hydrogen-bond donors (Lipinski definition) is 1. The summed E-state index contributed by atoms with van der Waals surface area (Å²) >= 11 is 3.21. The van der Waals surface area contributed by atoms with Crippen LogP contribution in [0.25, 0.3) is 11.3 Å². The monoisotopic (exact) mass is 250 g/mol. The molecule has 0 aliphatic carbocycles. The Morgan fingerprint density at radius 3 is 2.57 bits per heavy atom. The van der Waals surface area contributed by atoms with Gasteiger partial charge in [0.1, 0.15) is 10.3 Å². The largest absolute Gasteiger partial charge is 0.492 e. The summed E-state index contributed by atoms with van der Waals surface area (Å²) < 4.78 is 0.606. The van der Waals surface area contributed by atoms with Gasteiger partial charge in [-0.1, -0.05) is 30.3 Å². The van der Waals surface area contributed by atoms with Gasteiger partial charge in [0.2, 0.25) is 5.88 Å². The van der Waals surface area contributed by atoms with Gasteiger partial charge in [0.25, 0.3) is 0 Å². The van der Waals surface area contributed by atoms with Crippen LogP contribution < -0.4 is 0 Å². The second kappa shape index (κ2) is 3.75. The zero-order valence-corrected chi connectivity index (χ0v) is 8.77. The lowest BCUT2D eigenvalue weighted by Gasteiger charge is -2.02. The van der Waals surface area contributed by atoms with Crippen LogP contribution in [0, 0.1) is 0 Å². The molecule has 0 saturated heterocycles. The predicted molar refractivity (Wildman–Crippen MR) is 56.8 cm³/mol. The SMILES string of the molecule is Oc1ncc(Br)nc1-c1ccccc1. The molecular weight excluding hydrogens is 244 g/mol. The van der Waals surface area contributed by atoms with Crippen molar-refractivity contribution < 1.29 is 5.11 Å². The molecule has 14 heavy (non-hydrogen) atoms. The maximum Gasteiger partial charge on any atom is 0.238 e. The maximum absolute atomic E-state index is 9.49. The molecule has 0 saturated carbocycles. The molecule has 0 unspecified atom stereocenters. The van der Waals surface area contributed by atoms with Crippen molar-refractivity contribution in [3.05, 3.63) is 41.1 Å². The molecule has 0 aliphatic rings. The van der Waals surface area contributed by atoms with Gasteiger partial charge < -0.3 is 5.11 Å². The van der Waals surface area contributed by atoms with Crippen LogP contribution in [0.5, 0.6) is 5.88 Å². The van der Waals surface area contributed by atoms with E-state index in [2.05, 4.69) is 25.9 Å². The fourth-order valence-electron chi connectivity index (χ4n) is 1.15. The molecule has 0 radical (unpaired) electrons. The standard InChI is InChI=1S/C10H7BrN2O/c11-8-6-12-10(14)9(13-8)7-4-2-1-3-5-7/h1-6H,(H,12,14). The lowest BCUT2D eigenvalue weighted by molar-refractivity contribution is 0.452. The van der Waals surface area contributed by atoms with Crippen molar-refractivity contribution in [2.45, 2.75) is 0 Å². The molecule has 4 heteroatoms. The molecule has 0 bridgehead atoms. The molecule has 1 heterocycles. The molecule has 0 atom stereocenters. The van der Waals surface area contributed by atoms with Crippen LogP contribution in [0.15, 0.2) is 41.1 Å². The van der Waals surface area contributed by atoms with Gasteiger partial charge in [-0.2, -0.15) is 0 Å². The normalized spacial score (nSPS) is 10.1. The van der Waals surface area contributed by atoms with Crippen molar-refractivity contribution in [2.24, 2.45) is 0 Å². The minimum atomic E-state index is -0.0561. The van der Waals surface area contributed by atoms with Crippen LogP contribution in [-0.2, 0) is 0 Å². The van der Waals surface area contributed by atoms with Crippen molar-refractivity contribution in [3.8, 4) is 17.1 Å². The average Bonchev–Trinajstić information content (AvgIpc) is 2.23. The summed E-state index contributed by atoms with van der Waals surface area (Å²) in [5.41, 5.74) is 1.33. The molecule has 3 nitrogen and oxygen atoms in total. The highest BCUT2D eigenvalue weighted by Crippen LogP contribution is 2.25. The Morgan fingerprint density at radius 1 is 1.14 bits per heavy atom. The lowest BCUT2D eigenvalue weighted by atomic mass is 10.1. The van der Waals surface area contributed by atoms with E-state index in [9.17, 15) is 5.11 Å². The third-order valence-corrected chi connectivity index (χ3v) is 2.15. The molecule has 0 spiro atoms. The summed E-state index contributed by atoms with van der Waals surface area (Å²) in [6.07, 6.45) is 1.46. The minimum absolute atomic E-state index is 0.0561. The number of aromatic nitrogens is 2. The fraction of sp³-hybridized carbons (Fsp3) is 0. The molecule has 70 valence electrons. The highest BCUT2D eigenvalue weighted by molar-refractivity contribution is 9.10. The Morgan fingerprint density at radius 2 is 1.86 bits per heavy atom. The van der Waals surface area contributed by atoms with E-state index in [0.717, 1.165) is 5.56 Å². The van der Waals surface area contributed by atoms with Crippen LogP contribution >= 0.6 is 15.9 Å². The van der Waals surface area contributed by atoms with Gasteiger partial charge in [0.05, 0.1) is 6.20 Å². The molecule has 0 aliphatic heterocycles. The molecule has 2 rings (SSSR count). The zero-order chi connectivity index (χ0) is 9.97. The third kappa shape index (κ3) is 1.75. The Kier molecular flexibility index (Phi) is 2.45. The Balaban J connectivity index is 2.57. The van der Waals surface area contributed by atoms with Crippen molar-refractivity contribution >= 4 is 15.9 Å². The minimum Gasteiger partial charge on any atom is -0.492 e. The highest BCUT2D eigenvalue weighted by atomic mass is 79.9. The van der Waals surface area contributed by atoms with Gasteiger partial charge in [-0.05, 0) is 15.9 Å². The van der Waals surface area contributed by atoms with E-state index in [1.165, 1.54) is 6.20 Å². The number of rotatable bonds is 1. The van der Waals surface area contributed by atoms with E-state index in [1.807, 2.05) is 30.3 Å². The van der Waals surface area contributed by atoms with Gasteiger partial charge in [-0.25, -0.2) is 9.97 Å². The van der Waals surface area contributed by atoms with E-state index in [0.29, 0.717) is 10.3 Å². The predicted octanol–water partition coefficient (Wildman–Crippen LogP) is 2.61. The number of nitrogens with zero attached hydrogens (tertiary/aromatic N) is 2. The quantitative estimate of drug-likeness (QED) is 0.847. The van der Waals surface area contributed by atoms with Gasteiger partial charge in [0.15, 0.2) is 0 Å². The molecule has 0 amide bonds. The highest BCUT2D eigenvalue weighted by Gasteiger charge is 2.06. The fourth-order valence-corrected chi connectivity index (χ4v) is 1.43. The smallest absolute Gasteiger partial charge is 0.238 e. The van der Waals surface area contributed by atoms with Gasteiger partial charge >= 0.3 is 0 Å². The summed E-state index contributed by atoms with van der Waals surface area (Å²) in [5.74, 6) is -0.0561. The average molecular weight is 251 g/mol. The molecule has 1 N–H and O–H groups in total. The van der Waals surface area contributed by atoms with Crippen molar-refractivity contribution in [1.29, 1.82) is 0 Å². The van der Waals surface area contributed by atoms with Crippen LogP contribution in [0.2, 0.25) is 0 Å². The van der Waals surface area contributed by atoms with E-state index >= 15 is 0 Å². The molecule has 1 aromatic carbocycles. The molecular formula is C10H7BrN2O. The van der Waals surface area contributed by atoms with Crippen molar-refractivity contribution in [3.63, 3.8) is 0 Å². The topological polar surface area (TPSA) is 46.0 Å². The van der Waals surface area contributed by atoms with Gasteiger partial charge in [0, 0.05) is 5.56 Å². The second-order valence-corrected chi connectivity index (χ2v) is 3.54. The summed E-state index contributed by atoms with van der Waals surface area (Å²) in [4.78, 5) is 7.95. The van der Waals surface area contributed by atoms with E-state index in [4.69, 9.17) is 0 Å². The summed E-state index contributed by atoms with van der Waals surface area (Å²) in [7, 11) is 0. The molecule has 1 aromatic heterocycles. The van der Waals surface area contributed by atoms with Crippen LogP contribution in [0.4, 0.5) is 0 Å². The third-order valence-electron chi connectivity index (χ3n) is 1.77. The maximum atomic E-state index is 9.49. The zero-order valence-electron chi connectivity index (χ0n) is 7.18. The van der Waals surface area contributed by atoms with Crippen LogP contribution in [0.1, 0.15) is 0 Å². The van der Waals surface area contributed by atoms with Gasteiger partial charge in [-0.3, -0.25) is 0 Å². The van der Waals surface area contributed by atoms with Crippen LogP contribution in [-0.4, -0.2) is 15.1 Å². The van der Waals surface area contributed by atoms with Crippen molar-refractivity contribution in [1.82, 2.24) is 9.97 Å². The van der Waals surface area contributed by atoms with E-state index < -0.39 is 0 Å². The summed E-state index contributed by atoms with van der Waals surface area (Å²) in [6.45, 7) is 0. The van der Waals surface area contributed by atoms with Crippen LogP contribution in [0.3, 0.4) is 0 Å².